The molecule has 1 unspecified atom stereocenters. The van der Waals surface area contributed by atoms with E-state index in [1.54, 1.807) is 0 Å². The van der Waals surface area contributed by atoms with Crippen LogP contribution in [0.15, 0.2) is 54.6 Å². The Bertz CT molecular complexity index is 448. The Hall–Kier alpha value is -1.64. The molecule has 2 nitrogen and oxygen atoms in total. The van der Waals surface area contributed by atoms with Crippen molar-refractivity contribution in [2.75, 3.05) is 0 Å². The summed E-state index contributed by atoms with van der Waals surface area (Å²) in [5.74, 6) is 5.66. The molecule has 0 fully saturated rings. The predicted octanol–water partition coefficient (Wildman–Crippen LogP) is 2.80. The molecule has 0 amide bonds. The van der Waals surface area contributed by atoms with E-state index in [-0.39, 0.29) is 6.04 Å². The molecule has 0 aliphatic carbocycles. The largest absolute Gasteiger partial charge is 0.271 e. The van der Waals surface area contributed by atoms with E-state index in [1.807, 2.05) is 18.2 Å². The summed E-state index contributed by atoms with van der Waals surface area (Å²) in [6.45, 7) is 2.16. The van der Waals surface area contributed by atoms with E-state index in [0.717, 1.165) is 6.42 Å². The molecule has 2 rings (SSSR count). The molecule has 0 saturated heterocycles. The minimum Gasteiger partial charge on any atom is -0.271 e. The maximum Gasteiger partial charge on any atom is 0.0710 e. The standard InChI is InChI=1S/C15H18N2/c1-2-12-8-10-14(11-9-12)15(17-16)13-6-4-3-5-7-13/h3-11,15,17H,2,16H2,1H3. The molecule has 2 heteroatoms. The van der Waals surface area contributed by atoms with E-state index in [0.29, 0.717) is 0 Å². The molecule has 0 aliphatic heterocycles. The van der Waals surface area contributed by atoms with E-state index < -0.39 is 0 Å². The first-order chi connectivity index (χ1) is 8.35. The van der Waals surface area contributed by atoms with E-state index in [9.17, 15) is 0 Å². The number of nitrogens with two attached hydrogens (primary N) is 1. The first-order valence-corrected chi connectivity index (χ1v) is 5.95. The van der Waals surface area contributed by atoms with Gasteiger partial charge in [-0.2, -0.15) is 0 Å². The van der Waals surface area contributed by atoms with Crippen LogP contribution in [-0.2, 0) is 6.42 Å². The SMILES string of the molecule is CCc1ccc(C(NN)c2ccccc2)cc1. The zero-order valence-corrected chi connectivity index (χ0v) is 10.1. The summed E-state index contributed by atoms with van der Waals surface area (Å²) in [6.07, 6.45) is 1.06. The van der Waals surface area contributed by atoms with E-state index in [4.69, 9.17) is 5.84 Å². The maximum atomic E-state index is 5.66. The second kappa shape index (κ2) is 5.62. The summed E-state index contributed by atoms with van der Waals surface area (Å²) in [5.41, 5.74) is 6.59. The van der Waals surface area contributed by atoms with Gasteiger partial charge in [0.15, 0.2) is 0 Å². The number of rotatable bonds is 4. The normalized spacial score (nSPS) is 12.4. The van der Waals surface area contributed by atoms with Gasteiger partial charge in [-0.15, -0.1) is 0 Å². The molecule has 0 aromatic heterocycles. The predicted molar refractivity (Wildman–Crippen MR) is 71.4 cm³/mol. The van der Waals surface area contributed by atoms with Gasteiger partial charge in [0.25, 0.3) is 0 Å². The van der Waals surface area contributed by atoms with Gasteiger partial charge in [-0.3, -0.25) is 5.84 Å². The van der Waals surface area contributed by atoms with Crippen LogP contribution in [-0.4, -0.2) is 0 Å². The second-order valence-electron chi connectivity index (χ2n) is 4.11. The van der Waals surface area contributed by atoms with Gasteiger partial charge in [0.05, 0.1) is 6.04 Å². The number of aryl methyl sites for hydroxylation is 1. The molecule has 3 N–H and O–H groups in total. The van der Waals surface area contributed by atoms with Crippen molar-refractivity contribution in [1.82, 2.24) is 5.43 Å². The highest BCUT2D eigenvalue weighted by molar-refractivity contribution is 5.33. The summed E-state index contributed by atoms with van der Waals surface area (Å²) < 4.78 is 0. The molecule has 17 heavy (non-hydrogen) atoms. The van der Waals surface area contributed by atoms with Crippen molar-refractivity contribution < 1.29 is 0 Å². The van der Waals surface area contributed by atoms with Crippen LogP contribution >= 0.6 is 0 Å². The fourth-order valence-electron chi connectivity index (χ4n) is 1.98. The Morgan fingerprint density at radius 1 is 0.941 bits per heavy atom. The molecule has 2 aromatic rings. The van der Waals surface area contributed by atoms with Crippen LogP contribution in [0, 0.1) is 0 Å². The van der Waals surface area contributed by atoms with Crippen LogP contribution in [0.2, 0.25) is 0 Å². The fourth-order valence-corrected chi connectivity index (χ4v) is 1.98. The van der Waals surface area contributed by atoms with Gasteiger partial charge in [0.1, 0.15) is 0 Å². The third-order valence-corrected chi connectivity index (χ3v) is 3.02. The average Bonchev–Trinajstić information content (AvgIpc) is 2.42. The minimum atomic E-state index is 0.0575. The van der Waals surface area contributed by atoms with Crippen LogP contribution in [0.3, 0.4) is 0 Å². The molecule has 88 valence electrons. The number of hydrazine groups is 1. The van der Waals surface area contributed by atoms with Gasteiger partial charge >= 0.3 is 0 Å². The Balaban J connectivity index is 2.29. The second-order valence-corrected chi connectivity index (χ2v) is 4.11. The first-order valence-electron chi connectivity index (χ1n) is 5.95. The van der Waals surface area contributed by atoms with Gasteiger partial charge in [-0.1, -0.05) is 61.5 Å². The van der Waals surface area contributed by atoms with Crippen molar-refractivity contribution in [1.29, 1.82) is 0 Å². The lowest BCUT2D eigenvalue weighted by Gasteiger charge is -2.17. The van der Waals surface area contributed by atoms with Crippen molar-refractivity contribution in [2.45, 2.75) is 19.4 Å². The lowest BCUT2D eigenvalue weighted by Crippen LogP contribution is -2.28. The highest BCUT2D eigenvalue weighted by Gasteiger charge is 2.11. The van der Waals surface area contributed by atoms with E-state index in [2.05, 4.69) is 48.7 Å². The van der Waals surface area contributed by atoms with E-state index in [1.165, 1.54) is 16.7 Å². The number of hydrogen-bond acceptors (Lipinski definition) is 2. The molecule has 0 heterocycles. The monoisotopic (exact) mass is 226 g/mol. The first kappa shape index (κ1) is 11.8. The van der Waals surface area contributed by atoms with Crippen LogP contribution in [0.1, 0.15) is 29.7 Å². The topological polar surface area (TPSA) is 38.0 Å². The number of nitrogens with one attached hydrogen (secondary N) is 1. The molecule has 0 spiro atoms. The highest BCUT2D eigenvalue weighted by atomic mass is 15.2. The van der Waals surface area contributed by atoms with Gasteiger partial charge < -0.3 is 0 Å². The quantitative estimate of drug-likeness (QED) is 0.621. The maximum absolute atomic E-state index is 5.66. The molecular weight excluding hydrogens is 208 g/mol. The van der Waals surface area contributed by atoms with Crippen molar-refractivity contribution >= 4 is 0 Å². The molecule has 0 radical (unpaired) electrons. The molecule has 2 aromatic carbocycles. The third-order valence-electron chi connectivity index (χ3n) is 3.02. The Morgan fingerprint density at radius 3 is 2.06 bits per heavy atom. The lowest BCUT2D eigenvalue weighted by atomic mass is 9.98. The Labute approximate surface area is 102 Å². The van der Waals surface area contributed by atoms with Crippen LogP contribution in [0.5, 0.6) is 0 Å². The van der Waals surface area contributed by atoms with Crippen molar-refractivity contribution in [3.05, 3.63) is 71.3 Å². The fraction of sp³-hybridized carbons (Fsp3) is 0.200. The molecule has 0 saturated carbocycles. The zero-order valence-electron chi connectivity index (χ0n) is 10.1. The number of hydrogen-bond donors (Lipinski definition) is 2. The average molecular weight is 226 g/mol. The van der Waals surface area contributed by atoms with Crippen molar-refractivity contribution in [3.63, 3.8) is 0 Å². The van der Waals surface area contributed by atoms with Crippen LogP contribution < -0.4 is 11.3 Å². The minimum absolute atomic E-state index is 0.0575. The van der Waals surface area contributed by atoms with Gasteiger partial charge in [-0.05, 0) is 23.1 Å². The van der Waals surface area contributed by atoms with Gasteiger partial charge in [0.2, 0.25) is 0 Å². The van der Waals surface area contributed by atoms with Crippen molar-refractivity contribution in [3.8, 4) is 0 Å². The summed E-state index contributed by atoms with van der Waals surface area (Å²) >= 11 is 0. The lowest BCUT2D eigenvalue weighted by molar-refractivity contribution is 0.637. The molecular formula is C15H18N2. The van der Waals surface area contributed by atoms with Crippen LogP contribution in [0.25, 0.3) is 0 Å². The summed E-state index contributed by atoms with van der Waals surface area (Å²) in [4.78, 5) is 0. The molecule has 0 bridgehead atoms. The van der Waals surface area contributed by atoms with Gasteiger partial charge in [-0.25, -0.2) is 5.43 Å². The van der Waals surface area contributed by atoms with Crippen molar-refractivity contribution in [2.24, 2.45) is 5.84 Å². The smallest absolute Gasteiger partial charge is 0.0710 e. The molecule has 1 atom stereocenters. The third kappa shape index (κ3) is 2.73. The van der Waals surface area contributed by atoms with E-state index >= 15 is 0 Å². The zero-order chi connectivity index (χ0) is 12.1. The number of benzene rings is 2. The Morgan fingerprint density at radius 2 is 1.53 bits per heavy atom. The summed E-state index contributed by atoms with van der Waals surface area (Å²) in [5, 5.41) is 0. The van der Waals surface area contributed by atoms with Crippen LogP contribution in [0.4, 0.5) is 0 Å². The summed E-state index contributed by atoms with van der Waals surface area (Å²) in [7, 11) is 0. The summed E-state index contributed by atoms with van der Waals surface area (Å²) in [6, 6.07) is 18.9. The highest BCUT2D eigenvalue weighted by Crippen LogP contribution is 2.21. The van der Waals surface area contributed by atoms with Gasteiger partial charge in [0, 0.05) is 0 Å². The Kier molecular flexibility index (Phi) is 3.91. The molecule has 0 aliphatic rings.